The van der Waals surface area contributed by atoms with E-state index in [9.17, 15) is 4.79 Å². The van der Waals surface area contributed by atoms with E-state index in [0.29, 0.717) is 0 Å². The molecule has 0 aliphatic heterocycles. The summed E-state index contributed by atoms with van der Waals surface area (Å²) < 4.78 is 4.48. The van der Waals surface area contributed by atoms with Crippen molar-refractivity contribution in [3.63, 3.8) is 0 Å². The maximum absolute atomic E-state index is 9.89. The number of aliphatic hydroxyl groups excluding tert-OH is 3. The van der Waals surface area contributed by atoms with Gasteiger partial charge in [-0.15, -0.1) is 0 Å². The second-order valence-corrected chi connectivity index (χ2v) is 2.14. The maximum Gasteiger partial charge on any atom is 0.151 e. The number of hydrogen-bond acceptors (Lipinski definition) is 5. The van der Waals surface area contributed by atoms with Crippen LogP contribution in [-0.2, 0) is 9.53 Å². The Labute approximate surface area is 64.2 Å². The second-order valence-electron chi connectivity index (χ2n) is 2.14. The molecule has 0 amide bonds. The lowest BCUT2D eigenvalue weighted by Crippen LogP contribution is -2.40. The summed E-state index contributed by atoms with van der Waals surface area (Å²) in [4.78, 5) is 9.89. The highest BCUT2D eigenvalue weighted by Gasteiger charge is 2.23. The van der Waals surface area contributed by atoms with Gasteiger partial charge in [-0.3, -0.25) is 0 Å². The molecule has 11 heavy (non-hydrogen) atoms. The number of rotatable bonds is 5. The van der Waals surface area contributed by atoms with E-state index in [1.54, 1.807) is 0 Å². The number of ether oxygens (including phenoxy) is 1. The highest BCUT2D eigenvalue weighted by Crippen LogP contribution is 1.98. The van der Waals surface area contributed by atoms with E-state index >= 15 is 0 Å². The normalized spacial score (nSPS) is 18.9. The lowest BCUT2D eigenvalue weighted by Gasteiger charge is -2.17. The van der Waals surface area contributed by atoms with Crippen LogP contribution >= 0.6 is 0 Å². The van der Waals surface area contributed by atoms with Crippen LogP contribution in [0.3, 0.4) is 0 Å². The van der Waals surface area contributed by atoms with Gasteiger partial charge in [0.2, 0.25) is 0 Å². The van der Waals surface area contributed by atoms with E-state index in [4.69, 9.17) is 15.3 Å². The second kappa shape index (κ2) is 5.20. The van der Waals surface area contributed by atoms with Crippen LogP contribution in [0.25, 0.3) is 0 Å². The van der Waals surface area contributed by atoms with Crippen molar-refractivity contribution >= 4 is 6.29 Å². The molecule has 0 saturated heterocycles. The fourth-order valence-electron chi connectivity index (χ4n) is 0.577. The Kier molecular flexibility index (Phi) is 4.97. The molecule has 0 aromatic heterocycles. The largest absolute Gasteiger partial charge is 0.388 e. The third-order valence-corrected chi connectivity index (χ3v) is 1.22. The van der Waals surface area contributed by atoms with Gasteiger partial charge in [-0.1, -0.05) is 0 Å². The van der Waals surface area contributed by atoms with Crippen molar-refractivity contribution in [1.82, 2.24) is 0 Å². The fourth-order valence-corrected chi connectivity index (χ4v) is 0.577. The Morgan fingerprint density at radius 1 is 1.45 bits per heavy atom. The average molecular weight is 164 g/mol. The molecule has 3 atom stereocenters. The van der Waals surface area contributed by atoms with Gasteiger partial charge in [-0.05, 0) is 0 Å². The summed E-state index contributed by atoms with van der Waals surface area (Å²) in [7, 11) is 1.34. The number of carbonyl (C=O) groups excluding carboxylic acids is 1. The summed E-state index contributed by atoms with van der Waals surface area (Å²) in [6.45, 7) is -0.119. The van der Waals surface area contributed by atoms with E-state index in [1.165, 1.54) is 7.11 Å². The molecule has 0 aliphatic carbocycles. The number of methoxy groups -OCH3 is 1. The van der Waals surface area contributed by atoms with Gasteiger partial charge in [0.25, 0.3) is 0 Å². The van der Waals surface area contributed by atoms with Gasteiger partial charge in [-0.2, -0.15) is 0 Å². The molecular weight excluding hydrogens is 152 g/mol. The Morgan fingerprint density at radius 3 is 2.36 bits per heavy atom. The van der Waals surface area contributed by atoms with Crippen LogP contribution in [0.1, 0.15) is 0 Å². The standard InChI is InChI=1S/C6H12O5/c1-11-3-5(9)6(10)4(8)2-7/h2,4-6,8-10H,3H2,1H3/t4-,5+,6+/m0/s1. The first-order valence-electron chi connectivity index (χ1n) is 3.12. The zero-order chi connectivity index (χ0) is 8.85. The highest BCUT2D eigenvalue weighted by molar-refractivity contribution is 5.56. The summed E-state index contributed by atoms with van der Waals surface area (Å²) in [6, 6.07) is 0. The van der Waals surface area contributed by atoms with Crippen LogP contribution in [0.5, 0.6) is 0 Å². The zero-order valence-corrected chi connectivity index (χ0v) is 6.17. The first-order valence-corrected chi connectivity index (χ1v) is 3.12. The SMILES string of the molecule is COC[C@@H](O)[C@H](O)[C@@H](O)C=O. The molecular formula is C6H12O5. The van der Waals surface area contributed by atoms with Crippen molar-refractivity contribution in [3.8, 4) is 0 Å². The average Bonchev–Trinajstić information content (AvgIpc) is 2.02. The van der Waals surface area contributed by atoms with Gasteiger partial charge < -0.3 is 24.9 Å². The third kappa shape index (κ3) is 3.43. The first-order chi connectivity index (χ1) is 5.13. The third-order valence-electron chi connectivity index (χ3n) is 1.22. The molecule has 5 heteroatoms. The Morgan fingerprint density at radius 2 is 2.00 bits per heavy atom. The molecule has 0 rings (SSSR count). The monoisotopic (exact) mass is 164 g/mol. The highest BCUT2D eigenvalue weighted by atomic mass is 16.5. The van der Waals surface area contributed by atoms with Crippen LogP contribution in [-0.4, -0.2) is 53.6 Å². The van der Waals surface area contributed by atoms with Crippen LogP contribution < -0.4 is 0 Å². The van der Waals surface area contributed by atoms with E-state index in [-0.39, 0.29) is 12.9 Å². The van der Waals surface area contributed by atoms with E-state index < -0.39 is 18.3 Å². The summed E-state index contributed by atoms with van der Waals surface area (Å²) in [5.41, 5.74) is 0. The molecule has 66 valence electrons. The maximum atomic E-state index is 9.89. The minimum absolute atomic E-state index is 0.119. The minimum Gasteiger partial charge on any atom is -0.388 e. The smallest absolute Gasteiger partial charge is 0.151 e. The quantitative estimate of drug-likeness (QED) is 0.406. The first kappa shape index (κ1) is 10.5. The fraction of sp³-hybridized carbons (Fsp3) is 0.833. The van der Waals surface area contributed by atoms with Gasteiger partial charge in [0.1, 0.15) is 18.3 Å². The molecule has 5 nitrogen and oxygen atoms in total. The van der Waals surface area contributed by atoms with Crippen LogP contribution in [0, 0.1) is 0 Å². The predicted octanol–water partition coefficient (Wildman–Crippen LogP) is -2.09. The topological polar surface area (TPSA) is 87.0 Å². The van der Waals surface area contributed by atoms with Crippen molar-refractivity contribution in [3.05, 3.63) is 0 Å². The molecule has 0 bridgehead atoms. The van der Waals surface area contributed by atoms with Gasteiger partial charge in [0.15, 0.2) is 6.29 Å². The zero-order valence-electron chi connectivity index (χ0n) is 6.17. The minimum atomic E-state index is -1.56. The Balaban J connectivity index is 3.79. The number of aldehydes is 1. The molecule has 0 saturated carbocycles. The summed E-state index contributed by atoms with van der Waals surface area (Å²) in [5.74, 6) is 0. The summed E-state index contributed by atoms with van der Waals surface area (Å²) >= 11 is 0. The van der Waals surface area contributed by atoms with Gasteiger partial charge in [0, 0.05) is 7.11 Å². The molecule has 3 N–H and O–H groups in total. The van der Waals surface area contributed by atoms with Gasteiger partial charge in [0.05, 0.1) is 6.61 Å². The summed E-state index contributed by atoms with van der Waals surface area (Å²) in [6.07, 6.45) is -4.11. The molecule has 0 radical (unpaired) electrons. The van der Waals surface area contributed by atoms with Crippen molar-refractivity contribution in [2.45, 2.75) is 18.3 Å². The number of aliphatic hydroxyl groups is 3. The molecule has 0 heterocycles. The van der Waals surface area contributed by atoms with Crippen molar-refractivity contribution in [2.24, 2.45) is 0 Å². The molecule has 0 fully saturated rings. The van der Waals surface area contributed by atoms with Crippen LogP contribution in [0.4, 0.5) is 0 Å². The molecule has 0 aliphatic rings. The molecule has 0 aromatic rings. The number of carbonyl (C=O) groups is 1. The van der Waals surface area contributed by atoms with Gasteiger partial charge in [-0.25, -0.2) is 0 Å². The summed E-state index contributed by atoms with van der Waals surface area (Å²) in [5, 5.41) is 26.5. The van der Waals surface area contributed by atoms with E-state index in [2.05, 4.69) is 4.74 Å². The predicted molar refractivity (Wildman–Crippen MR) is 36.0 cm³/mol. The van der Waals surface area contributed by atoms with E-state index in [1.807, 2.05) is 0 Å². The van der Waals surface area contributed by atoms with Crippen LogP contribution in [0.15, 0.2) is 0 Å². The lowest BCUT2D eigenvalue weighted by molar-refractivity contribution is -0.128. The van der Waals surface area contributed by atoms with Crippen molar-refractivity contribution in [2.75, 3.05) is 13.7 Å². The van der Waals surface area contributed by atoms with E-state index in [0.717, 1.165) is 0 Å². The molecule has 0 unspecified atom stereocenters. The number of hydrogen-bond donors (Lipinski definition) is 3. The Hall–Kier alpha value is -0.490. The lowest BCUT2D eigenvalue weighted by atomic mass is 10.1. The molecule has 0 aromatic carbocycles. The molecule has 0 spiro atoms. The van der Waals surface area contributed by atoms with Gasteiger partial charge >= 0.3 is 0 Å². The van der Waals surface area contributed by atoms with Crippen molar-refractivity contribution < 1.29 is 24.9 Å². The Bertz CT molecular complexity index is 116. The van der Waals surface area contributed by atoms with Crippen molar-refractivity contribution in [1.29, 1.82) is 0 Å². The van der Waals surface area contributed by atoms with Crippen LogP contribution in [0.2, 0.25) is 0 Å².